The Balaban J connectivity index is 1.35. The molecule has 0 radical (unpaired) electrons. The summed E-state index contributed by atoms with van der Waals surface area (Å²) in [4.78, 5) is 26.1. The zero-order valence-corrected chi connectivity index (χ0v) is 23.0. The number of carbonyl (C=O) groups is 2. The molecule has 0 spiro atoms. The molecular formula is C32H30N6O3. The van der Waals surface area contributed by atoms with Crippen LogP contribution >= 0.6 is 0 Å². The van der Waals surface area contributed by atoms with Crippen molar-refractivity contribution in [3.8, 4) is 16.9 Å². The predicted molar refractivity (Wildman–Crippen MR) is 158 cm³/mol. The molecule has 0 aliphatic heterocycles. The van der Waals surface area contributed by atoms with E-state index in [9.17, 15) is 9.59 Å². The lowest BCUT2D eigenvalue weighted by Gasteiger charge is -2.22. The predicted octanol–water partition coefficient (Wildman–Crippen LogP) is 6.18. The molecule has 3 N–H and O–H groups in total. The van der Waals surface area contributed by atoms with Gasteiger partial charge in [0.1, 0.15) is 5.75 Å². The number of anilines is 2. The number of hydrogen-bond acceptors (Lipinski definition) is 6. The van der Waals surface area contributed by atoms with Gasteiger partial charge in [0, 0.05) is 16.8 Å². The fraction of sp³-hybridized carbons (Fsp3) is 0.156. The molecule has 0 bridgehead atoms. The van der Waals surface area contributed by atoms with Crippen LogP contribution in [0.4, 0.5) is 11.6 Å². The molecule has 9 heteroatoms. The van der Waals surface area contributed by atoms with Crippen molar-refractivity contribution in [2.24, 2.45) is 0 Å². The van der Waals surface area contributed by atoms with Gasteiger partial charge in [0.15, 0.2) is 0 Å². The second-order valence-electron chi connectivity index (χ2n) is 10.5. The molecule has 1 aromatic heterocycles. The molecule has 4 aromatic carbocycles. The molecule has 5 rings (SSSR count). The van der Waals surface area contributed by atoms with E-state index in [4.69, 9.17) is 4.74 Å². The van der Waals surface area contributed by atoms with Crippen LogP contribution in [0.3, 0.4) is 0 Å². The number of H-pyrrole nitrogens is 1. The molecule has 206 valence electrons. The number of amides is 2. The first kappa shape index (κ1) is 27.3. The highest BCUT2D eigenvalue weighted by Crippen LogP contribution is 2.28. The standard InChI is InChI=1S/C32H30N6O3/c1-32(2,3)25-15-9-23(10-16-25)28(30(40)33-26-17-11-22(12-18-26)21-7-5-4-6-8-21)41-27-19-13-24(14-20-27)29(39)34-31-35-37-38-36-31/h4-20,28H,1-3H3,(H,33,40)(H2,34,35,36,37,38,39). The van der Waals surface area contributed by atoms with Crippen LogP contribution in [0.5, 0.6) is 5.75 Å². The van der Waals surface area contributed by atoms with Crippen molar-refractivity contribution >= 4 is 23.5 Å². The van der Waals surface area contributed by atoms with Crippen molar-refractivity contribution in [3.05, 3.63) is 120 Å². The van der Waals surface area contributed by atoms with Crippen molar-refractivity contribution in [2.75, 3.05) is 10.6 Å². The monoisotopic (exact) mass is 546 g/mol. The molecule has 0 saturated heterocycles. The third-order valence-electron chi connectivity index (χ3n) is 6.52. The summed E-state index contributed by atoms with van der Waals surface area (Å²) in [7, 11) is 0. The van der Waals surface area contributed by atoms with Gasteiger partial charge >= 0.3 is 0 Å². The quantitative estimate of drug-likeness (QED) is 0.214. The first-order valence-corrected chi connectivity index (χ1v) is 13.1. The van der Waals surface area contributed by atoms with Gasteiger partial charge in [0.05, 0.1) is 0 Å². The second-order valence-corrected chi connectivity index (χ2v) is 10.5. The topological polar surface area (TPSA) is 122 Å². The van der Waals surface area contributed by atoms with E-state index >= 15 is 0 Å². The number of benzene rings is 4. The van der Waals surface area contributed by atoms with Crippen molar-refractivity contribution < 1.29 is 14.3 Å². The summed E-state index contributed by atoms with van der Waals surface area (Å²) >= 11 is 0. The molecule has 0 aliphatic carbocycles. The molecule has 0 fully saturated rings. The van der Waals surface area contributed by atoms with Gasteiger partial charge in [-0.15, -0.1) is 5.10 Å². The summed E-state index contributed by atoms with van der Waals surface area (Å²) in [6, 6.07) is 32.1. The van der Waals surface area contributed by atoms with Crippen LogP contribution in [0.2, 0.25) is 0 Å². The smallest absolute Gasteiger partial charge is 0.270 e. The van der Waals surface area contributed by atoms with Crippen LogP contribution < -0.4 is 15.4 Å². The van der Waals surface area contributed by atoms with E-state index in [-0.39, 0.29) is 17.3 Å². The molecule has 1 unspecified atom stereocenters. The zero-order chi connectivity index (χ0) is 28.8. The Morgan fingerprint density at radius 2 is 1.44 bits per heavy atom. The lowest BCUT2D eigenvalue weighted by atomic mass is 9.86. The Labute approximate surface area is 238 Å². The largest absolute Gasteiger partial charge is 0.476 e. The van der Waals surface area contributed by atoms with E-state index in [1.54, 1.807) is 24.3 Å². The van der Waals surface area contributed by atoms with Crippen molar-refractivity contribution in [1.29, 1.82) is 0 Å². The number of carbonyl (C=O) groups excluding carboxylic acids is 2. The van der Waals surface area contributed by atoms with E-state index in [2.05, 4.69) is 52.0 Å². The van der Waals surface area contributed by atoms with E-state index in [1.807, 2.05) is 78.9 Å². The van der Waals surface area contributed by atoms with E-state index < -0.39 is 12.0 Å². The van der Waals surface area contributed by atoms with Crippen LogP contribution in [0.15, 0.2) is 103 Å². The molecule has 2 amide bonds. The minimum absolute atomic E-state index is 0.0322. The maximum Gasteiger partial charge on any atom is 0.270 e. The summed E-state index contributed by atoms with van der Waals surface area (Å²) < 4.78 is 6.21. The number of aromatic amines is 1. The Hall–Kier alpha value is -5.31. The minimum atomic E-state index is -0.933. The summed E-state index contributed by atoms with van der Waals surface area (Å²) in [5.41, 5.74) is 5.00. The van der Waals surface area contributed by atoms with E-state index in [0.29, 0.717) is 22.6 Å². The number of hydrogen-bond donors (Lipinski definition) is 3. The van der Waals surface area contributed by atoms with Crippen molar-refractivity contribution in [2.45, 2.75) is 32.3 Å². The average Bonchev–Trinajstić information content (AvgIpc) is 3.50. The van der Waals surface area contributed by atoms with Gasteiger partial charge in [0.2, 0.25) is 6.10 Å². The summed E-state index contributed by atoms with van der Waals surface area (Å²) in [5.74, 6) is -0.216. The van der Waals surface area contributed by atoms with Crippen LogP contribution in [0.1, 0.15) is 48.4 Å². The van der Waals surface area contributed by atoms with Gasteiger partial charge in [-0.2, -0.15) is 5.21 Å². The number of nitrogens with zero attached hydrogens (tertiary/aromatic N) is 3. The van der Waals surface area contributed by atoms with Crippen LogP contribution in [-0.4, -0.2) is 32.4 Å². The molecule has 41 heavy (non-hydrogen) atoms. The fourth-order valence-corrected chi connectivity index (χ4v) is 4.22. The summed E-state index contributed by atoms with van der Waals surface area (Å²) in [5, 5.41) is 18.7. The third-order valence-corrected chi connectivity index (χ3v) is 6.52. The van der Waals surface area contributed by atoms with Gasteiger partial charge in [-0.1, -0.05) is 92.6 Å². The Kier molecular flexibility index (Phi) is 7.87. The highest BCUT2D eigenvalue weighted by atomic mass is 16.5. The van der Waals surface area contributed by atoms with E-state index in [0.717, 1.165) is 16.7 Å². The van der Waals surface area contributed by atoms with Gasteiger partial charge in [-0.05, 0) is 63.7 Å². The van der Waals surface area contributed by atoms with E-state index in [1.165, 1.54) is 0 Å². The number of nitrogens with one attached hydrogen (secondary N) is 3. The maximum atomic E-state index is 13.6. The van der Waals surface area contributed by atoms with Crippen LogP contribution in [0.25, 0.3) is 11.1 Å². The number of rotatable bonds is 8. The number of ether oxygens (including phenoxy) is 1. The minimum Gasteiger partial charge on any atom is -0.476 e. The summed E-state index contributed by atoms with van der Waals surface area (Å²) in [6.45, 7) is 6.41. The Bertz CT molecular complexity index is 1590. The molecule has 9 nitrogen and oxygen atoms in total. The normalized spacial score (nSPS) is 11.9. The second kappa shape index (κ2) is 11.8. The third kappa shape index (κ3) is 6.83. The molecule has 1 heterocycles. The highest BCUT2D eigenvalue weighted by Gasteiger charge is 2.24. The average molecular weight is 547 g/mol. The lowest BCUT2D eigenvalue weighted by molar-refractivity contribution is -0.123. The Morgan fingerprint density at radius 3 is 2.05 bits per heavy atom. The fourth-order valence-electron chi connectivity index (χ4n) is 4.22. The molecule has 0 aliphatic rings. The Morgan fingerprint density at radius 1 is 0.780 bits per heavy atom. The van der Waals surface area contributed by atoms with Gasteiger partial charge in [0.25, 0.3) is 17.8 Å². The molecule has 1 atom stereocenters. The maximum absolute atomic E-state index is 13.6. The SMILES string of the molecule is CC(C)(C)c1ccc(C(Oc2ccc(C(=O)Nc3nn[nH]n3)cc2)C(=O)Nc2ccc(-c3ccccc3)cc2)cc1. The van der Waals surface area contributed by atoms with Gasteiger partial charge in [-0.25, -0.2) is 0 Å². The highest BCUT2D eigenvalue weighted by molar-refractivity contribution is 6.03. The molecule has 5 aromatic rings. The first-order chi connectivity index (χ1) is 19.8. The first-order valence-electron chi connectivity index (χ1n) is 13.1. The van der Waals surface area contributed by atoms with Gasteiger partial charge in [-0.3, -0.25) is 14.9 Å². The lowest BCUT2D eigenvalue weighted by Crippen LogP contribution is -2.26. The number of tetrazole rings is 1. The zero-order valence-electron chi connectivity index (χ0n) is 23.0. The van der Waals surface area contributed by atoms with Crippen molar-refractivity contribution in [3.63, 3.8) is 0 Å². The van der Waals surface area contributed by atoms with Crippen LogP contribution in [0, 0.1) is 0 Å². The van der Waals surface area contributed by atoms with Crippen molar-refractivity contribution in [1.82, 2.24) is 20.6 Å². The molecule has 0 saturated carbocycles. The van der Waals surface area contributed by atoms with Gasteiger partial charge < -0.3 is 10.1 Å². The molecular weight excluding hydrogens is 516 g/mol. The van der Waals surface area contributed by atoms with Crippen LogP contribution in [-0.2, 0) is 10.2 Å². The number of aromatic nitrogens is 4. The summed E-state index contributed by atoms with van der Waals surface area (Å²) in [6.07, 6.45) is -0.933.